The third-order valence-corrected chi connectivity index (χ3v) is 2.02. The number of nitrogens with two attached hydrogens (primary N) is 1. The topological polar surface area (TPSA) is 46.2 Å². The Morgan fingerprint density at radius 3 is 1.83 bits per heavy atom. The van der Waals surface area contributed by atoms with Gasteiger partial charge in [-0.1, -0.05) is 11.6 Å². The van der Waals surface area contributed by atoms with Crippen molar-refractivity contribution in [3.05, 3.63) is 28.3 Å². The zero-order chi connectivity index (χ0) is 9.72. The van der Waals surface area contributed by atoms with Gasteiger partial charge in [0.05, 0.1) is 0 Å². The SMILES string of the molecule is CN.Cc1cc(O)cc(C)c1Cl. The zero-order valence-corrected chi connectivity index (χ0v) is 8.31. The van der Waals surface area contributed by atoms with E-state index >= 15 is 0 Å². The van der Waals surface area contributed by atoms with E-state index in [0.717, 1.165) is 16.1 Å². The second-order valence-electron chi connectivity index (χ2n) is 2.39. The maximum absolute atomic E-state index is 9.06. The fraction of sp³-hybridized carbons (Fsp3) is 0.333. The molecule has 68 valence electrons. The van der Waals surface area contributed by atoms with Crippen molar-refractivity contribution in [3.8, 4) is 5.75 Å². The van der Waals surface area contributed by atoms with Crippen LogP contribution in [0.1, 0.15) is 11.1 Å². The van der Waals surface area contributed by atoms with Crippen molar-refractivity contribution in [1.29, 1.82) is 0 Å². The molecule has 1 rings (SSSR count). The Kier molecular flexibility index (Phi) is 4.71. The molecular weight excluding hydrogens is 174 g/mol. The summed E-state index contributed by atoms with van der Waals surface area (Å²) in [4.78, 5) is 0. The van der Waals surface area contributed by atoms with E-state index in [9.17, 15) is 0 Å². The zero-order valence-electron chi connectivity index (χ0n) is 7.56. The van der Waals surface area contributed by atoms with E-state index in [0.29, 0.717) is 0 Å². The van der Waals surface area contributed by atoms with Gasteiger partial charge in [0.15, 0.2) is 0 Å². The minimum absolute atomic E-state index is 0.277. The number of phenols is 1. The van der Waals surface area contributed by atoms with Crippen molar-refractivity contribution in [1.82, 2.24) is 0 Å². The van der Waals surface area contributed by atoms with Crippen molar-refractivity contribution in [3.63, 3.8) is 0 Å². The smallest absolute Gasteiger partial charge is 0.116 e. The minimum Gasteiger partial charge on any atom is -0.508 e. The second kappa shape index (κ2) is 5.01. The van der Waals surface area contributed by atoms with Gasteiger partial charge in [-0.15, -0.1) is 0 Å². The van der Waals surface area contributed by atoms with Gasteiger partial charge in [0.2, 0.25) is 0 Å². The summed E-state index contributed by atoms with van der Waals surface area (Å²) in [5.74, 6) is 0.277. The Balaban J connectivity index is 0.000000561. The summed E-state index contributed by atoms with van der Waals surface area (Å²) in [7, 11) is 1.50. The summed E-state index contributed by atoms with van der Waals surface area (Å²) < 4.78 is 0. The third-order valence-electron chi connectivity index (χ3n) is 1.42. The van der Waals surface area contributed by atoms with Gasteiger partial charge >= 0.3 is 0 Å². The summed E-state index contributed by atoms with van der Waals surface area (Å²) in [6, 6.07) is 3.30. The van der Waals surface area contributed by atoms with Crippen LogP contribution in [0.2, 0.25) is 5.02 Å². The molecule has 3 heteroatoms. The van der Waals surface area contributed by atoms with Crippen molar-refractivity contribution < 1.29 is 5.11 Å². The predicted molar refractivity (Wildman–Crippen MR) is 52.7 cm³/mol. The minimum atomic E-state index is 0.277. The number of aromatic hydroxyl groups is 1. The summed E-state index contributed by atoms with van der Waals surface area (Å²) in [5, 5.41) is 9.79. The largest absolute Gasteiger partial charge is 0.508 e. The average Bonchev–Trinajstić information content (AvgIpc) is 2.04. The summed E-state index contributed by atoms with van der Waals surface area (Å²) in [5.41, 5.74) is 6.33. The highest BCUT2D eigenvalue weighted by Crippen LogP contribution is 2.24. The molecule has 1 aromatic carbocycles. The van der Waals surface area contributed by atoms with Gasteiger partial charge in [0, 0.05) is 5.02 Å². The molecule has 0 unspecified atom stereocenters. The number of rotatable bonds is 0. The summed E-state index contributed by atoms with van der Waals surface area (Å²) in [6.07, 6.45) is 0. The van der Waals surface area contributed by atoms with E-state index in [1.165, 1.54) is 7.05 Å². The van der Waals surface area contributed by atoms with Gasteiger partial charge in [0.1, 0.15) is 5.75 Å². The average molecular weight is 188 g/mol. The van der Waals surface area contributed by atoms with E-state index in [4.69, 9.17) is 16.7 Å². The molecule has 0 amide bonds. The first kappa shape index (κ1) is 11.3. The van der Waals surface area contributed by atoms with Gasteiger partial charge in [-0.2, -0.15) is 0 Å². The maximum atomic E-state index is 9.06. The van der Waals surface area contributed by atoms with Crippen molar-refractivity contribution in [2.75, 3.05) is 7.05 Å². The van der Waals surface area contributed by atoms with Crippen LogP contribution >= 0.6 is 11.6 Å². The lowest BCUT2D eigenvalue weighted by molar-refractivity contribution is 0.474. The van der Waals surface area contributed by atoms with Crippen LogP contribution in [0.3, 0.4) is 0 Å². The number of aryl methyl sites for hydroxylation is 2. The van der Waals surface area contributed by atoms with Crippen molar-refractivity contribution >= 4 is 11.6 Å². The van der Waals surface area contributed by atoms with Gasteiger partial charge < -0.3 is 10.8 Å². The molecule has 0 aliphatic rings. The monoisotopic (exact) mass is 187 g/mol. The molecule has 2 nitrogen and oxygen atoms in total. The van der Waals surface area contributed by atoms with Gasteiger partial charge in [-0.25, -0.2) is 0 Å². The summed E-state index contributed by atoms with van der Waals surface area (Å²) >= 11 is 5.84. The molecule has 1 aromatic rings. The van der Waals surface area contributed by atoms with E-state index in [2.05, 4.69) is 5.73 Å². The molecule has 12 heavy (non-hydrogen) atoms. The van der Waals surface area contributed by atoms with Crippen LogP contribution in [-0.2, 0) is 0 Å². The molecule has 0 saturated carbocycles. The molecule has 0 atom stereocenters. The van der Waals surface area contributed by atoms with Crippen LogP contribution < -0.4 is 5.73 Å². The first-order valence-electron chi connectivity index (χ1n) is 3.64. The molecule has 0 fully saturated rings. The van der Waals surface area contributed by atoms with Crippen LogP contribution in [0.5, 0.6) is 5.75 Å². The third kappa shape index (κ3) is 2.72. The summed E-state index contributed by atoms with van der Waals surface area (Å²) in [6.45, 7) is 3.74. The number of benzene rings is 1. The Morgan fingerprint density at radius 1 is 1.17 bits per heavy atom. The van der Waals surface area contributed by atoms with Crippen LogP contribution in [0.4, 0.5) is 0 Å². The first-order chi connectivity index (χ1) is 5.61. The van der Waals surface area contributed by atoms with E-state index in [1.807, 2.05) is 13.8 Å². The number of hydrogen-bond donors (Lipinski definition) is 2. The predicted octanol–water partition coefficient (Wildman–Crippen LogP) is 2.24. The lowest BCUT2D eigenvalue weighted by Gasteiger charge is -2.01. The fourth-order valence-corrected chi connectivity index (χ4v) is 1.03. The van der Waals surface area contributed by atoms with Crippen LogP contribution in [0, 0.1) is 13.8 Å². The number of halogens is 1. The van der Waals surface area contributed by atoms with Crippen LogP contribution in [0.25, 0.3) is 0 Å². The molecule has 0 heterocycles. The van der Waals surface area contributed by atoms with Crippen molar-refractivity contribution in [2.45, 2.75) is 13.8 Å². The molecular formula is C9H14ClNO. The molecule has 0 radical (unpaired) electrons. The Morgan fingerprint density at radius 2 is 1.50 bits per heavy atom. The quantitative estimate of drug-likeness (QED) is 0.655. The second-order valence-corrected chi connectivity index (χ2v) is 2.77. The Bertz CT molecular complexity index is 238. The molecule has 0 aliphatic heterocycles. The maximum Gasteiger partial charge on any atom is 0.116 e. The normalized spacial score (nSPS) is 8.75. The van der Waals surface area contributed by atoms with Gasteiger partial charge in [-0.3, -0.25) is 0 Å². The Labute approximate surface area is 78.0 Å². The fourth-order valence-electron chi connectivity index (χ4n) is 0.923. The highest BCUT2D eigenvalue weighted by molar-refractivity contribution is 6.32. The lowest BCUT2D eigenvalue weighted by atomic mass is 10.1. The molecule has 0 saturated heterocycles. The number of hydrogen-bond acceptors (Lipinski definition) is 2. The van der Waals surface area contributed by atoms with Crippen molar-refractivity contribution in [2.24, 2.45) is 5.73 Å². The molecule has 3 N–H and O–H groups in total. The molecule has 0 bridgehead atoms. The standard InChI is InChI=1S/C8H9ClO.CH5N/c1-5-3-7(10)4-6(2)8(5)9;1-2/h3-4,10H,1-2H3;2H2,1H3. The van der Waals surface area contributed by atoms with E-state index in [-0.39, 0.29) is 5.75 Å². The van der Waals surface area contributed by atoms with Gasteiger partial charge in [-0.05, 0) is 44.2 Å². The molecule has 0 spiro atoms. The number of phenolic OH excluding ortho intramolecular Hbond substituents is 1. The molecule has 0 aromatic heterocycles. The Hall–Kier alpha value is -0.730. The molecule has 0 aliphatic carbocycles. The van der Waals surface area contributed by atoms with Crippen LogP contribution in [0.15, 0.2) is 12.1 Å². The van der Waals surface area contributed by atoms with E-state index < -0.39 is 0 Å². The van der Waals surface area contributed by atoms with Gasteiger partial charge in [0.25, 0.3) is 0 Å². The highest BCUT2D eigenvalue weighted by Gasteiger charge is 1.99. The lowest BCUT2D eigenvalue weighted by Crippen LogP contribution is -1.79. The highest BCUT2D eigenvalue weighted by atomic mass is 35.5. The van der Waals surface area contributed by atoms with Crippen LogP contribution in [-0.4, -0.2) is 12.2 Å². The van der Waals surface area contributed by atoms with E-state index in [1.54, 1.807) is 12.1 Å². The first-order valence-corrected chi connectivity index (χ1v) is 4.02.